The molecule has 3 aromatic rings. The Bertz CT molecular complexity index is 809. The van der Waals surface area contributed by atoms with E-state index >= 15 is 0 Å². The van der Waals surface area contributed by atoms with Crippen molar-refractivity contribution < 1.29 is 0 Å². The van der Waals surface area contributed by atoms with Crippen LogP contribution in [0.5, 0.6) is 0 Å². The van der Waals surface area contributed by atoms with Crippen LogP contribution in [-0.2, 0) is 12.3 Å². The van der Waals surface area contributed by atoms with E-state index in [0.717, 1.165) is 36.1 Å². The van der Waals surface area contributed by atoms with E-state index in [1.807, 2.05) is 10.7 Å². The highest BCUT2D eigenvalue weighted by Crippen LogP contribution is 2.22. The molecule has 2 heterocycles. The van der Waals surface area contributed by atoms with Gasteiger partial charge in [-0.15, -0.1) is 10.2 Å². The topological polar surface area (TPSA) is 87.2 Å². The van der Waals surface area contributed by atoms with Crippen LogP contribution in [0.4, 0.5) is 0 Å². The van der Waals surface area contributed by atoms with Gasteiger partial charge in [0.15, 0.2) is 5.82 Å². The van der Waals surface area contributed by atoms with Gasteiger partial charge in [-0.1, -0.05) is 31.2 Å². The third-order valence-electron chi connectivity index (χ3n) is 3.84. The van der Waals surface area contributed by atoms with Crippen LogP contribution < -0.4 is 0 Å². The lowest BCUT2D eigenvalue weighted by Crippen LogP contribution is -2.06. The molecule has 8 nitrogen and oxygen atoms in total. The van der Waals surface area contributed by atoms with Gasteiger partial charge < -0.3 is 0 Å². The van der Waals surface area contributed by atoms with Gasteiger partial charge in [0.2, 0.25) is 5.16 Å². The van der Waals surface area contributed by atoms with Gasteiger partial charge in [-0.2, -0.15) is 4.68 Å². The number of nitrogens with zero attached hydrogens (tertiary/aromatic N) is 8. The average molecular weight is 344 g/mol. The summed E-state index contributed by atoms with van der Waals surface area (Å²) in [5, 5.41) is 24.7. The van der Waals surface area contributed by atoms with Crippen molar-refractivity contribution in [2.24, 2.45) is 0 Å². The number of aryl methyl sites for hydroxylation is 3. The van der Waals surface area contributed by atoms with E-state index in [1.165, 1.54) is 22.9 Å². The number of hydrogen-bond donors (Lipinski definition) is 0. The molecule has 2 aromatic heterocycles. The van der Waals surface area contributed by atoms with Crippen molar-refractivity contribution >= 4 is 11.8 Å². The van der Waals surface area contributed by atoms with Gasteiger partial charge in [-0.25, -0.2) is 4.68 Å². The fourth-order valence-electron chi connectivity index (χ4n) is 2.23. The van der Waals surface area contributed by atoms with Crippen LogP contribution in [0.2, 0.25) is 0 Å². The van der Waals surface area contributed by atoms with E-state index in [4.69, 9.17) is 0 Å². The molecule has 9 heteroatoms. The molecule has 0 amide bonds. The standard InChI is InChI=1S/C15H20N8S/c1-4-5-8-22-14(16-18-20-22)10-24-15-17-19-21-23(15)13-7-6-11(2)12(3)9-13/h6-7,9H,4-5,8,10H2,1-3H3. The first-order valence-corrected chi connectivity index (χ1v) is 8.91. The van der Waals surface area contributed by atoms with Crippen LogP contribution in [0.1, 0.15) is 36.7 Å². The summed E-state index contributed by atoms with van der Waals surface area (Å²) in [4.78, 5) is 0. The molecule has 0 radical (unpaired) electrons. The van der Waals surface area contributed by atoms with Crippen molar-refractivity contribution in [2.45, 2.75) is 51.1 Å². The van der Waals surface area contributed by atoms with E-state index in [-0.39, 0.29) is 0 Å². The molecular formula is C15H20N8S. The summed E-state index contributed by atoms with van der Waals surface area (Å²) in [6.07, 6.45) is 2.17. The summed E-state index contributed by atoms with van der Waals surface area (Å²) >= 11 is 1.53. The first-order valence-electron chi connectivity index (χ1n) is 7.93. The lowest BCUT2D eigenvalue weighted by atomic mass is 10.1. The monoisotopic (exact) mass is 344 g/mol. The number of benzene rings is 1. The number of tetrazole rings is 2. The largest absolute Gasteiger partial charge is 0.229 e. The van der Waals surface area contributed by atoms with Crippen molar-refractivity contribution in [2.75, 3.05) is 0 Å². The molecule has 0 atom stereocenters. The molecule has 126 valence electrons. The maximum atomic E-state index is 4.12. The first kappa shape index (κ1) is 16.6. The zero-order valence-corrected chi connectivity index (χ0v) is 14.9. The summed E-state index contributed by atoms with van der Waals surface area (Å²) in [6, 6.07) is 6.18. The van der Waals surface area contributed by atoms with E-state index in [9.17, 15) is 0 Å². The average Bonchev–Trinajstić information content (AvgIpc) is 3.22. The molecule has 24 heavy (non-hydrogen) atoms. The second-order valence-electron chi connectivity index (χ2n) is 5.60. The van der Waals surface area contributed by atoms with Gasteiger partial charge in [-0.3, -0.25) is 0 Å². The summed E-state index contributed by atoms with van der Waals surface area (Å²) in [5.74, 6) is 1.46. The second kappa shape index (κ2) is 7.52. The fourth-order valence-corrected chi connectivity index (χ4v) is 3.05. The number of unbranched alkanes of at least 4 members (excludes halogenated alkanes) is 1. The normalized spacial score (nSPS) is 11.1. The molecule has 0 aliphatic heterocycles. The SMILES string of the molecule is CCCCn1nnnc1CSc1nnnn1-c1ccc(C)c(C)c1. The Kier molecular flexibility index (Phi) is 5.19. The second-order valence-corrected chi connectivity index (χ2v) is 6.54. The molecule has 0 aliphatic rings. The van der Waals surface area contributed by atoms with Crippen molar-refractivity contribution in [1.29, 1.82) is 0 Å². The van der Waals surface area contributed by atoms with Crippen molar-refractivity contribution in [3.05, 3.63) is 35.2 Å². The lowest BCUT2D eigenvalue weighted by molar-refractivity contribution is 0.540. The zero-order chi connectivity index (χ0) is 16.9. The molecule has 3 rings (SSSR count). The molecular weight excluding hydrogens is 324 g/mol. The molecule has 1 aromatic carbocycles. The highest BCUT2D eigenvalue weighted by molar-refractivity contribution is 7.98. The molecule has 0 bridgehead atoms. The molecule has 0 N–H and O–H groups in total. The molecule has 0 aliphatic carbocycles. The van der Waals surface area contributed by atoms with E-state index in [2.05, 4.69) is 64.0 Å². The number of hydrogen-bond acceptors (Lipinski definition) is 7. The van der Waals surface area contributed by atoms with Gasteiger partial charge in [0.1, 0.15) is 0 Å². The lowest BCUT2D eigenvalue weighted by Gasteiger charge is -2.07. The predicted octanol–water partition coefficient (Wildman–Crippen LogP) is 2.36. The molecule has 0 spiro atoms. The maximum absolute atomic E-state index is 4.12. The van der Waals surface area contributed by atoms with Crippen LogP contribution in [0, 0.1) is 13.8 Å². The van der Waals surface area contributed by atoms with Crippen LogP contribution in [0.3, 0.4) is 0 Å². The summed E-state index contributed by atoms with van der Waals surface area (Å²) < 4.78 is 3.60. The van der Waals surface area contributed by atoms with Crippen LogP contribution in [0.15, 0.2) is 23.4 Å². The Morgan fingerprint density at radius 1 is 1.04 bits per heavy atom. The minimum Gasteiger partial charge on any atom is -0.229 e. The van der Waals surface area contributed by atoms with E-state index in [0.29, 0.717) is 5.75 Å². The Hall–Kier alpha value is -2.29. The highest BCUT2D eigenvalue weighted by atomic mass is 32.2. The van der Waals surface area contributed by atoms with E-state index < -0.39 is 0 Å². The van der Waals surface area contributed by atoms with Crippen molar-refractivity contribution in [3.8, 4) is 5.69 Å². The highest BCUT2D eigenvalue weighted by Gasteiger charge is 2.13. The summed E-state index contributed by atoms with van der Waals surface area (Å²) in [5.41, 5.74) is 3.41. The van der Waals surface area contributed by atoms with Crippen LogP contribution in [-0.4, -0.2) is 40.4 Å². The predicted molar refractivity (Wildman–Crippen MR) is 90.9 cm³/mol. The Balaban J connectivity index is 1.74. The smallest absolute Gasteiger partial charge is 0.214 e. The van der Waals surface area contributed by atoms with Gasteiger partial charge in [0.25, 0.3) is 0 Å². The minimum absolute atomic E-state index is 0.627. The van der Waals surface area contributed by atoms with Crippen LogP contribution >= 0.6 is 11.8 Å². The molecule has 0 unspecified atom stereocenters. The number of aromatic nitrogens is 8. The minimum atomic E-state index is 0.627. The van der Waals surface area contributed by atoms with Crippen molar-refractivity contribution in [3.63, 3.8) is 0 Å². The molecule has 0 saturated heterocycles. The fraction of sp³-hybridized carbons (Fsp3) is 0.467. The first-order chi connectivity index (χ1) is 11.7. The Morgan fingerprint density at radius 2 is 1.88 bits per heavy atom. The quantitative estimate of drug-likeness (QED) is 0.608. The maximum Gasteiger partial charge on any atom is 0.214 e. The zero-order valence-electron chi connectivity index (χ0n) is 14.0. The van der Waals surface area contributed by atoms with Crippen LogP contribution in [0.25, 0.3) is 5.69 Å². The Morgan fingerprint density at radius 3 is 2.67 bits per heavy atom. The number of thioether (sulfide) groups is 1. The molecule has 0 saturated carbocycles. The molecule has 0 fully saturated rings. The van der Waals surface area contributed by atoms with Gasteiger partial charge in [0, 0.05) is 6.54 Å². The van der Waals surface area contributed by atoms with Gasteiger partial charge >= 0.3 is 0 Å². The summed E-state index contributed by atoms with van der Waals surface area (Å²) in [7, 11) is 0. The number of rotatable bonds is 7. The summed E-state index contributed by atoms with van der Waals surface area (Å²) in [6.45, 7) is 7.15. The van der Waals surface area contributed by atoms with Crippen molar-refractivity contribution in [1.82, 2.24) is 40.4 Å². The van der Waals surface area contributed by atoms with Gasteiger partial charge in [-0.05, 0) is 64.4 Å². The third kappa shape index (κ3) is 3.61. The van der Waals surface area contributed by atoms with Gasteiger partial charge in [0.05, 0.1) is 11.4 Å². The third-order valence-corrected chi connectivity index (χ3v) is 4.75. The Labute approximate surface area is 144 Å². The van der Waals surface area contributed by atoms with E-state index in [1.54, 1.807) is 4.68 Å².